The maximum atomic E-state index is 12.7. The summed E-state index contributed by atoms with van der Waals surface area (Å²) in [7, 11) is 0. The van der Waals surface area contributed by atoms with E-state index in [2.05, 4.69) is 81.5 Å². The molecular weight excluding hydrogens is 693 g/mol. The summed E-state index contributed by atoms with van der Waals surface area (Å²) >= 11 is 0. The summed E-state index contributed by atoms with van der Waals surface area (Å²) < 4.78 is 17.3. The fourth-order valence-corrected chi connectivity index (χ4v) is 6.38. The van der Waals surface area contributed by atoms with Crippen molar-refractivity contribution in [1.29, 1.82) is 0 Å². The van der Waals surface area contributed by atoms with Crippen molar-refractivity contribution >= 4 is 11.9 Å². The van der Waals surface area contributed by atoms with Crippen molar-refractivity contribution in [2.75, 3.05) is 19.8 Å². The smallest absolute Gasteiger partial charge is 0.306 e. The molecule has 5 heteroatoms. The number of carbonyl (C=O) groups excluding carboxylic acids is 2. The van der Waals surface area contributed by atoms with Gasteiger partial charge in [-0.2, -0.15) is 0 Å². The van der Waals surface area contributed by atoms with Crippen LogP contribution in [0.5, 0.6) is 0 Å². The van der Waals surface area contributed by atoms with Gasteiger partial charge in [-0.3, -0.25) is 9.59 Å². The second-order valence-corrected chi connectivity index (χ2v) is 15.6. The minimum Gasteiger partial charge on any atom is -0.462 e. The minimum absolute atomic E-state index is 0.0695. The van der Waals surface area contributed by atoms with E-state index in [4.69, 9.17) is 14.2 Å². The van der Waals surface area contributed by atoms with E-state index >= 15 is 0 Å². The highest BCUT2D eigenvalue weighted by Crippen LogP contribution is 2.13. The summed E-state index contributed by atoms with van der Waals surface area (Å²) in [4.78, 5) is 25.3. The zero-order valence-corrected chi connectivity index (χ0v) is 37.1. The molecular formula is C51H90O5. The van der Waals surface area contributed by atoms with Gasteiger partial charge in [0.05, 0.1) is 6.61 Å². The lowest BCUT2D eigenvalue weighted by Gasteiger charge is -2.18. The van der Waals surface area contributed by atoms with Gasteiger partial charge < -0.3 is 14.2 Å². The van der Waals surface area contributed by atoms with Gasteiger partial charge in [0.2, 0.25) is 0 Å². The Bertz CT molecular complexity index is 977. The normalized spacial score (nSPS) is 12.7. The number of hydrogen-bond donors (Lipinski definition) is 0. The number of esters is 2. The second-order valence-electron chi connectivity index (χ2n) is 15.6. The average molecular weight is 783 g/mol. The van der Waals surface area contributed by atoms with Crippen molar-refractivity contribution in [2.45, 2.75) is 232 Å². The fraction of sp³-hybridized carbons (Fsp3) is 0.765. The third-order valence-electron chi connectivity index (χ3n) is 9.98. The standard InChI is InChI=1S/C51H90O5/c1-4-7-10-13-16-19-22-24-26-27-30-32-35-38-41-44-50(52)55-48-49(56-51(53)45-42-39-36-33-29-21-18-15-12-9-6-3)47-54-46-43-40-37-34-31-28-25-23-20-17-14-11-8-5-2/h11,14-16,18-20,23-24,26,49H,4-10,12-13,17,21-22,25,27-48H2,1-3H3/b14-11-,18-15-,19-16-,23-20-,26-24-. The third-order valence-corrected chi connectivity index (χ3v) is 9.98. The Morgan fingerprint density at radius 1 is 0.393 bits per heavy atom. The summed E-state index contributed by atoms with van der Waals surface area (Å²) in [5.41, 5.74) is 0. The molecule has 0 saturated heterocycles. The van der Waals surface area contributed by atoms with Crippen molar-refractivity contribution in [3.05, 3.63) is 60.8 Å². The first-order chi connectivity index (χ1) is 27.6. The van der Waals surface area contributed by atoms with Crippen LogP contribution >= 0.6 is 0 Å². The summed E-state index contributed by atoms with van der Waals surface area (Å²) in [6.07, 6.45) is 57.9. The molecule has 0 aromatic heterocycles. The lowest BCUT2D eigenvalue weighted by atomic mass is 10.1. The Labute approximate surface area is 347 Å². The number of ether oxygens (including phenoxy) is 3. The SMILES string of the molecule is CCC/C=C\C/C=C\CCCCCCCCOCC(COC(=O)CCCCCCC/C=C\C/C=C\CCCCC)OC(=O)CCCCCCC/C=C\CCCC. The van der Waals surface area contributed by atoms with Gasteiger partial charge in [0.25, 0.3) is 0 Å². The molecule has 0 aromatic carbocycles. The number of unbranched alkanes of at least 4 members (excludes halogenated alkanes) is 22. The maximum absolute atomic E-state index is 12.7. The van der Waals surface area contributed by atoms with Crippen LogP contribution in [0.15, 0.2) is 60.8 Å². The highest BCUT2D eigenvalue weighted by Gasteiger charge is 2.17. The van der Waals surface area contributed by atoms with Crippen LogP contribution in [0.4, 0.5) is 0 Å². The van der Waals surface area contributed by atoms with E-state index in [-0.39, 0.29) is 25.2 Å². The van der Waals surface area contributed by atoms with Gasteiger partial charge in [-0.05, 0) is 96.3 Å². The van der Waals surface area contributed by atoms with E-state index in [1.807, 2.05) is 0 Å². The molecule has 0 aliphatic heterocycles. The van der Waals surface area contributed by atoms with Crippen molar-refractivity contribution < 1.29 is 23.8 Å². The monoisotopic (exact) mass is 783 g/mol. The zero-order chi connectivity index (χ0) is 40.7. The molecule has 0 radical (unpaired) electrons. The highest BCUT2D eigenvalue weighted by molar-refractivity contribution is 5.70. The molecule has 0 N–H and O–H groups in total. The van der Waals surface area contributed by atoms with Crippen LogP contribution in [0.25, 0.3) is 0 Å². The van der Waals surface area contributed by atoms with E-state index in [0.717, 1.165) is 77.0 Å². The van der Waals surface area contributed by atoms with Crippen LogP contribution in [0.1, 0.15) is 226 Å². The quantitative estimate of drug-likeness (QED) is 0.0350. The Hall–Kier alpha value is -2.40. The average Bonchev–Trinajstić information content (AvgIpc) is 3.20. The molecule has 0 heterocycles. The van der Waals surface area contributed by atoms with Crippen LogP contribution < -0.4 is 0 Å². The minimum atomic E-state index is -0.550. The molecule has 56 heavy (non-hydrogen) atoms. The van der Waals surface area contributed by atoms with Crippen molar-refractivity contribution in [2.24, 2.45) is 0 Å². The Morgan fingerprint density at radius 2 is 0.804 bits per heavy atom. The molecule has 1 atom stereocenters. The van der Waals surface area contributed by atoms with E-state index in [1.54, 1.807) is 0 Å². The molecule has 0 aromatic rings. The molecule has 324 valence electrons. The molecule has 0 rings (SSSR count). The molecule has 0 spiro atoms. The Morgan fingerprint density at radius 3 is 1.32 bits per heavy atom. The first kappa shape index (κ1) is 53.6. The Balaban J connectivity index is 4.29. The molecule has 0 saturated carbocycles. The van der Waals surface area contributed by atoms with E-state index in [1.165, 1.54) is 116 Å². The second kappa shape index (κ2) is 47.0. The molecule has 1 unspecified atom stereocenters. The highest BCUT2D eigenvalue weighted by atomic mass is 16.6. The van der Waals surface area contributed by atoms with Crippen LogP contribution in [-0.2, 0) is 23.8 Å². The predicted octanol–water partition coefficient (Wildman–Crippen LogP) is 15.8. The molecule has 0 amide bonds. The predicted molar refractivity (Wildman–Crippen MR) is 242 cm³/mol. The lowest BCUT2D eigenvalue weighted by Crippen LogP contribution is -2.30. The van der Waals surface area contributed by atoms with Gasteiger partial charge in [-0.15, -0.1) is 0 Å². The number of allylic oxidation sites excluding steroid dienone is 10. The molecule has 0 bridgehead atoms. The van der Waals surface area contributed by atoms with Crippen LogP contribution in [0.2, 0.25) is 0 Å². The maximum Gasteiger partial charge on any atom is 0.306 e. The summed E-state index contributed by atoms with van der Waals surface area (Å²) in [5.74, 6) is -0.429. The van der Waals surface area contributed by atoms with Gasteiger partial charge in [-0.25, -0.2) is 0 Å². The van der Waals surface area contributed by atoms with Crippen molar-refractivity contribution in [3.63, 3.8) is 0 Å². The van der Waals surface area contributed by atoms with Crippen LogP contribution in [0.3, 0.4) is 0 Å². The Kier molecular flexibility index (Phi) is 45.0. The zero-order valence-electron chi connectivity index (χ0n) is 37.1. The van der Waals surface area contributed by atoms with Crippen LogP contribution in [-0.4, -0.2) is 37.9 Å². The topological polar surface area (TPSA) is 61.8 Å². The number of carbonyl (C=O) groups is 2. The molecule has 5 nitrogen and oxygen atoms in total. The molecule has 0 aliphatic carbocycles. The first-order valence-electron chi connectivity index (χ1n) is 23.8. The van der Waals surface area contributed by atoms with E-state index in [9.17, 15) is 9.59 Å². The lowest BCUT2D eigenvalue weighted by molar-refractivity contribution is -0.163. The van der Waals surface area contributed by atoms with E-state index < -0.39 is 6.10 Å². The fourth-order valence-electron chi connectivity index (χ4n) is 6.38. The molecule has 0 fully saturated rings. The van der Waals surface area contributed by atoms with Gasteiger partial charge in [0.1, 0.15) is 6.61 Å². The summed E-state index contributed by atoms with van der Waals surface area (Å²) in [5, 5.41) is 0. The first-order valence-corrected chi connectivity index (χ1v) is 23.8. The van der Waals surface area contributed by atoms with Gasteiger partial charge in [-0.1, -0.05) is 178 Å². The van der Waals surface area contributed by atoms with Crippen LogP contribution in [0, 0.1) is 0 Å². The van der Waals surface area contributed by atoms with Crippen molar-refractivity contribution in [1.82, 2.24) is 0 Å². The summed E-state index contributed by atoms with van der Waals surface area (Å²) in [6.45, 7) is 7.66. The summed E-state index contributed by atoms with van der Waals surface area (Å²) in [6, 6.07) is 0. The number of hydrogen-bond acceptors (Lipinski definition) is 5. The number of rotatable bonds is 43. The molecule has 0 aliphatic rings. The largest absolute Gasteiger partial charge is 0.462 e. The van der Waals surface area contributed by atoms with Gasteiger partial charge >= 0.3 is 11.9 Å². The third kappa shape index (κ3) is 44.3. The van der Waals surface area contributed by atoms with Gasteiger partial charge in [0.15, 0.2) is 6.10 Å². The van der Waals surface area contributed by atoms with Crippen molar-refractivity contribution in [3.8, 4) is 0 Å². The van der Waals surface area contributed by atoms with E-state index in [0.29, 0.717) is 19.4 Å². The van der Waals surface area contributed by atoms with Gasteiger partial charge in [0, 0.05) is 19.4 Å².